The molecule has 1 saturated heterocycles. The van der Waals surface area contributed by atoms with Gasteiger partial charge in [0.15, 0.2) is 0 Å². The lowest BCUT2D eigenvalue weighted by atomic mass is 9.74. The number of aryl methyl sites for hydroxylation is 1. The summed E-state index contributed by atoms with van der Waals surface area (Å²) in [4.78, 5) is 0. The van der Waals surface area contributed by atoms with Crippen molar-refractivity contribution in [3.05, 3.63) is 23.0 Å². The lowest BCUT2D eigenvalue weighted by molar-refractivity contribution is 0.0709. The van der Waals surface area contributed by atoms with Gasteiger partial charge in [-0.25, -0.2) is 0 Å². The van der Waals surface area contributed by atoms with Gasteiger partial charge in [-0.2, -0.15) is 0 Å². The first-order chi connectivity index (χ1) is 9.39. The van der Waals surface area contributed by atoms with Crippen LogP contribution in [0.5, 0.6) is 0 Å². The van der Waals surface area contributed by atoms with Crippen molar-refractivity contribution in [1.82, 2.24) is 4.57 Å². The van der Waals surface area contributed by atoms with Gasteiger partial charge in [0.1, 0.15) is 0 Å². The van der Waals surface area contributed by atoms with Gasteiger partial charge in [-0.1, -0.05) is 13.8 Å². The van der Waals surface area contributed by atoms with E-state index in [-0.39, 0.29) is 6.04 Å². The highest BCUT2D eigenvalue weighted by atomic mass is 16.5. The second-order valence-electron chi connectivity index (χ2n) is 7.50. The summed E-state index contributed by atoms with van der Waals surface area (Å²) in [6.07, 6.45) is 4.95. The molecule has 3 nitrogen and oxygen atoms in total. The number of aromatic nitrogens is 1. The molecule has 2 aliphatic rings. The summed E-state index contributed by atoms with van der Waals surface area (Å²) in [6.45, 7) is 10.1. The molecular formula is C17H28N2O. The molecule has 3 rings (SSSR count). The van der Waals surface area contributed by atoms with Gasteiger partial charge in [-0.05, 0) is 56.6 Å². The van der Waals surface area contributed by atoms with Crippen LogP contribution < -0.4 is 5.73 Å². The van der Waals surface area contributed by atoms with E-state index < -0.39 is 0 Å². The summed E-state index contributed by atoms with van der Waals surface area (Å²) in [6, 6.07) is 2.91. The highest BCUT2D eigenvalue weighted by Crippen LogP contribution is 2.42. The van der Waals surface area contributed by atoms with Crippen molar-refractivity contribution >= 4 is 0 Å². The maximum atomic E-state index is 6.41. The van der Waals surface area contributed by atoms with Gasteiger partial charge in [0.2, 0.25) is 0 Å². The molecule has 112 valence electrons. The zero-order valence-corrected chi connectivity index (χ0v) is 13.3. The van der Waals surface area contributed by atoms with Gasteiger partial charge in [0.25, 0.3) is 0 Å². The first-order valence-corrected chi connectivity index (χ1v) is 7.97. The molecule has 1 fully saturated rings. The molecule has 3 heteroatoms. The molecule has 0 spiro atoms. The standard InChI is InChI=1S/C17H28N2O/c1-11-8-13-14(18)9-17(3,4)10-15(13)19(11)12(2)16-6-5-7-20-16/h8,12,14,16H,5-7,9-10,18H2,1-4H3. The first kappa shape index (κ1) is 14.2. The van der Waals surface area contributed by atoms with Crippen molar-refractivity contribution < 1.29 is 4.74 Å². The average molecular weight is 276 g/mol. The van der Waals surface area contributed by atoms with E-state index in [1.54, 1.807) is 0 Å². The highest BCUT2D eigenvalue weighted by Gasteiger charge is 2.35. The minimum Gasteiger partial charge on any atom is -0.376 e. The smallest absolute Gasteiger partial charge is 0.0780 e. The second-order valence-corrected chi connectivity index (χ2v) is 7.50. The van der Waals surface area contributed by atoms with Gasteiger partial charge in [0.05, 0.1) is 12.1 Å². The summed E-state index contributed by atoms with van der Waals surface area (Å²) < 4.78 is 8.42. The molecule has 20 heavy (non-hydrogen) atoms. The fourth-order valence-electron chi connectivity index (χ4n) is 4.19. The second kappa shape index (κ2) is 4.88. The van der Waals surface area contributed by atoms with Gasteiger partial charge in [-0.15, -0.1) is 0 Å². The minimum atomic E-state index is 0.186. The van der Waals surface area contributed by atoms with E-state index in [4.69, 9.17) is 10.5 Å². The predicted octanol–water partition coefficient (Wildman–Crippen LogP) is 3.51. The molecule has 3 unspecified atom stereocenters. The van der Waals surface area contributed by atoms with Gasteiger partial charge in [-0.3, -0.25) is 0 Å². The quantitative estimate of drug-likeness (QED) is 0.898. The SMILES string of the molecule is Cc1cc2c(n1C(C)C1CCCO1)CC(C)(C)CC2N. The minimum absolute atomic E-state index is 0.186. The number of rotatable bonds is 2. The number of hydrogen-bond acceptors (Lipinski definition) is 2. The van der Waals surface area contributed by atoms with Crippen molar-refractivity contribution in [3.63, 3.8) is 0 Å². The Morgan fingerprint density at radius 3 is 2.85 bits per heavy atom. The molecule has 2 N–H and O–H groups in total. The largest absolute Gasteiger partial charge is 0.376 e. The summed E-state index contributed by atoms with van der Waals surface area (Å²) in [5, 5.41) is 0. The van der Waals surface area contributed by atoms with Crippen molar-refractivity contribution in [2.24, 2.45) is 11.1 Å². The van der Waals surface area contributed by atoms with Crippen molar-refractivity contribution in [2.75, 3.05) is 6.61 Å². The Balaban J connectivity index is 1.99. The molecule has 1 aromatic heterocycles. The van der Waals surface area contributed by atoms with Crippen molar-refractivity contribution in [1.29, 1.82) is 0 Å². The molecule has 0 aromatic carbocycles. The Labute approximate surface area is 122 Å². The molecule has 1 aliphatic heterocycles. The Kier molecular flexibility index (Phi) is 3.46. The van der Waals surface area contributed by atoms with Crippen LogP contribution in [0.4, 0.5) is 0 Å². The molecule has 1 aliphatic carbocycles. The number of nitrogens with two attached hydrogens (primary N) is 1. The normalized spacial score (nSPS) is 30.2. The third kappa shape index (κ3) is 2.31. The van der Waals surface area contributed by atoms with Gasteiger partial charge < -0.3 is 15.0 Å². The van der Waals surface area contributed by atoms with E-state index in [9.17, 15) is 0 Å². The van der Waals surface area contributed by atoms with Crippen LogP contribution in [0.3, 0.4) is 0 Å². The Hall–Kier alpha value is -0.800. The third-order valence-electron chi connectivity index (χ3n) is 5.10. The van der Waals surface area contributed by atoms with E-state index in [2.05, 4.69) is 38.3 Å². The van der Waals surface area contributed by atoms with Gasteiger partial charge >= 0.3 is 0 Å². The lowest BCUT2D eigenvalue weighted by Crippen LogP contribution is -2.32. The zero-order chi connectivity index (χ0) is 14.5. The van der Waals surface area contributed by atoms with Crippen molar-refractivity contribution in [3.8, 4) is 0 Å². The van der Waals surface area contributed by atoms with Crippen LogP contribution in [0, 0.1) is 12.3 Å². The Morgan fingerprint density at radius 1 is 1.45 bits per heavy atom. The Morgan fingerprint density at radius 2 is 2.20 bits per heavy atom. The van der Waals surface area contributed by atoms with Crippen molar-refractivity contribution in [2.45, 2.75) is 71.6 Å². The summed E-state index contributed by atoms with van der Waals surface area (Å²) in [5.41, 5.74) is 10.9. The monoisotopic (exact) mass is 276 g/mol. The molecular weight excluding hydrogens is 248 g/mol. The van der Waals surface area contributed by atoms with E-state index in [1.165, 1.54) is 29.8 Å². The molecule has 0 bridgehead atoms. The van der Waals surface area contributed by atoms with Crippen LogP contribution in [0.2, 0.25) is 0 Å². The topological polar surface area (TPSA) is 40.2 Å². The van der Waals surface area contributed by atoms with Crippen LogP contribution in [-0.4, -0.2) is 17.3 Å². The molecule has 2 heterocycles. The molecule has 1 aromatic rings. The Bertz CT molecular complexity index is 497. The molecule has 0 radical (unpaired) electrons. The molecule has 0 amide bonds. The summed E-state index contributed by atoms with van der Waals surface area (Å²) in [5.74, 6) is 0. The van der Waals surface area contributed by atoms with Crippen LogP contribution >= 0.6 is 0 Å². The van der Waals surface area contributed by atoms with E-state index in [1.807, 2.05) is 0 Å². The van der Waals surface area contributed by atoms with E-state index in [0.29, 0.717) is 17.6 Å². The van der Waals surface area contributed by atoms with E-state index in [0.717, 1.165) is 19.4 Å². The van der Waals surface area contributed by atoms with Crippen LogP contribution in [0.1, 0.15) is 69.1 Å². The fourth-order valence-corrected chi connectivity index (χ4v) is 4.19. The van der Waals surface area contributed by atoms with Crippen LogP contribution in [-0.2, 0) is 11.2 Å². The number of fused-ring (bicyclic) bond motifs is 1. The summed E-state index contributed by atoms with van der Waals surface area (Å²) >= 11 is 0. The van der Waals surface area contributed by atoms with Crippen LogP contribution in [0.15, 0.2) is 6.07 Å². The summed E-state index contributed by atoms with van der Waals surface area (Å²) in [7, 11) is 0. The number of nitrogens with zero attached hydrogens (tertiary/aromatic N) is 1. The van der Waals surface area contributed by atoms with E-state index >= 15 is 0 Å². The average Bonchev–Trinajstić information content (AvgIpc) is 2.94. The zero-order valence-electron chi connectivity index (χ0n) is 13.3. The number of ether oxygens (including phenoxy) is 1. The van der Waals surface area contributed by atoms with Crippen LogP contribution in [0.25, 0.3) is 0 Å². The number of hydrogen-bond donors (Lipinski definition) is 1. The maximum absolute atomic E-state index is 6.41. The third-order valence-corrected chi connectivity index (χ3v) is 5.10. The molecule has 3 atom stereocenters. The fraction of sp³-hybridized carbons (Fsp3) is 0.765. The molecule has 0 saturated carbocycles. The lowest BCUT2D eigenvalue weighted by Gasteiger charge is -2.36. The predicted molar refractivity (Wildman–Crippen MR) is 81.9 cm³/mol. The highest BCUT2D eigenvalue weighted by molar-refractivity contribution is 5.34. The van der Waals surface area contributed by atoms with Gasteiger partial charge in [0, 0.05) is 24.0 Å². The maximum Gasteiger partial charge on any atom is 0.0780 e. The first-order valence-electron chi connectivity index (χ1n) is 7.97.